The summed E-state index contributed by atoms with van der Waals surface area (Å²) in [5, 5.41) is 6.66. The smallest absolute Gasteiger partial charge is 0.196 e. The van der Waals surface area contributed by atoms with E-state index in [9.17, 15) is 0 Å². The Balaban J connectivity index is 2.22. The van der Waals surface area contributed by atoms with Gasteiger partial charge in [-0.2, -0.15) is 10.1 Å². The summed E-state index contributed by atoms with van der Waals surface area (Å²) >= 11 is 1.61. The van der Waals surface area contributed by atoms with Gasteiger partial charge in [0.25, 0.3) is 0 Å². The van der Waals surface area contributed by atoms with Crippen molar-refractivity contribution in [2.75, 3.05) is 0 Å². The number of nitrogens with zero attached hydrogens (tertiary/aromatic N) is 4. The van der Waals surface area contributed by atoms with Crippen LogP contribution in [0.4, 0.5) is 0 Å². The third-order valence-corrected chi connectivity index (χ3v) is 4.05. The van der Waals surface area contributed by atoms with Crippen molar-refractivity contribution in [3.63, 3.8) is 0 Å². The zero-order valence-corrected chi connectivity index (χ0v) is 11.9. The molecule has 0 radical (unpaired) electrons. The van der Waals surface area contributed by atoms with Crippen LogP contribution in [0.1, 0.15) is 30.9 Å². The van der Waals surface area contributed by atoms with Crippen LogP contribution in [0.2, 0.25) is 0 Å². The predicted molar refractivity (Wildman–Crippen MR) is 76.8 cm³/mol. The van der Waals surface area contributed by atoms with E-state index in [1.165, 1.54) is 5.69 Å². The molecule has 0 saturated heterocycles. The first-order valence-corrected chi connectivity index (χ1v) is 7.39. The minimum atomic E-state index is 0.456. The number of imidazole rings is 1. The number of aromatic nitrogens is 4. The van der Waals surface area contributed by atoms with Gasteiger partial charge in [0.2, 0.25) is 0 Å². The van der Waals surface area contributed by atoms with Crippen molar-refractivity contribution < 1.29 is 0 Å². The zero-order chi connectivity index (χ0) is 13.4. The number of hydrogen-bond donors (Lipinski definition) is 1. The average Bonchev–Trinajstić information content (AvgIpc) is 3.10. The molecule has 5 nitrogen and oxygen atoms in total. The molecular formula is C13H17N5S. The van der Waals surface area contributed by atoms with Crippen LogP contribution < -0.4 is 5.73 Å². The fraction of sp³-hybridized carbons (Fsp3) is 0.385. The van der Waals surface area contributed by atoms with E-state index < -0.39 is 0 Å². The summed E-state index contributed by atoms with van der Waals surface area (Å²) in [5.41, 5.74) is 9.17. The van der Waals surface area contributed by atoms with Gasteiger partial charge in [-0.15, -0.1) is 11.3 Å². The first-order valence-electron chi connectivity index (χ1n) is 6.51. The highest BCUT2D eigenvalue weighted by atomic mass is 32.1. The van der Waals surface area contributed by atoms with Gasteiger partial charge in [-0.3, -0.25) is 4.40 Å². The van der Waals surface area contributed by atoms with Crippen LogP contribution in [-0.2, 0) is 19.4 Å². The molecule has 0 bridgehead atoms. The monoisotopic (exact) mass is 275 g/mol. The van der Waals surface area contributed by atoms with Crippen molar-refractivity contribution in [1.82, 2.24) is 19.2 Å². The Hall–Kier alpha value is -1.66. The Bertz CT molecular complexity index is 706. The van der Waals surface area contributed by atoms with Crippen molar-refractivity contribution in [1.29, 1.82) is 0 Å². The predicted octanol–water partition coefficient (Wildman–Crippen LogP) is 2.16. The van der Waals surface area contributed by atoms with E-state index in [-0.39, 0.29) is 0 Å². The van der Waals surface area contributed by atoms with E-state index in [0.29, 0.717) is 6.54 Å². The molecule has 2 N–H and O–H groups in total. The Morgan fingerprint density at radius 2 is 2.16 bits per heavy atom. The lowest BCUT2D eigenvalue weighted by atomic mass is 10.2. The van der Waals surface area contributed by atoms with Crippen LogP contribution in [0, 0.1) is 0 Å². The van der Waals surface area contributed by atoms with E-state index in [4.69, 9.17) is 5.73 Å². The Kier molecular flexibility index (Phi) is 3.12. The summed E-state index contributed by atoms with van der Waals surface area (Å²) in [7, 11) is 0. The van der Waals surface area contributed by atoms with Crippen molar-refractivity contribution >= 4 is 16.3 Å². The highest BCUT2D eigenvalue weighted by Gasteiger charge is 2.17. The lowest BCUT2D eigenvalue weighted by Gasteiger charge is -2.04. The molecule has 3 rings (SSSR count). The fourth-order valence-corrected chi connectivity index (χ4v) is 2.99. The van der Waals surface area contributed by atoms with Gasteiger partial charge in [0, 0.05) is 23.8 Å². The molecule has 0 aliphatic rings. The summed E-state index contributed by atoms with van der Waals surface area (Å²) in [6, 6.07) is 2.15. The molecule has 0 aromatic carbocycles. The minimum Gasteiger partial charge on any atom is -0.325 e. The molecule has 3 heterocycles. The molecule has 19 heavy (non-hydrogen) atoms. The van der Waals surface area contributed by atoms with Crippen molar-refractivity contribution in [2.45, 2.75) is 33.2 Å². The van der Waals surface area contributed by atoms with Crippen LogP contribution >= 0.6 is 11.3 Å². The van der Waals surface area contributed by atoms with Crippen molar-refractivity contribution in [3.8, 4) is 5.82 Å². The van der Waals surface area contributed by atoms with Gasteiger partial charge in [0.15, 0.2) is 10.8 Å². The summed E-state index contributed by atoms with van der Waals surface area (Å²) < 4.78 is 3.99. The molecule has 0 unspecified atom stereocenters. The molecule has 3 aromatic rings. The third kappa shape index (κ3) is 1.87. The highest BCUT2D eigenvalue weighted by molar-refractivity contribution is 7.15. The normalized spacial score (nSPS) is 11.5. The molecule has 0 saturated carbocycles. The molecule has 0 atom stereocenters. The van der Waals surface area contributed by atoms with Crippen LogP contribution in [0.5, 0.6) is 0 Å². The number of rotatable bonds is 4. The second-order valence-corrected chi connectivity index (χ2v) is 5.26. The van der Waals surface area contributed by atoms with Crippen LogP contribution in [0.3, 0.4) is 0 Å². The summed E-state index contributed by atoms with van der Waals surface area (Å²) in [4.78, 5) is 5.64. The first-order chi connectivity index (χ1) is 9.28. The average molecular weight is 275 g/mol. The molecular weight excluding hydrogens is 258 g/mol. The maximum absolute atomic E-state index is 5.89. The van der Waals surface area contributed by atoms with Crippen molar-refractivity contribution in [3.05, 3.63) is 34.7 Å². The Morgan fingerprint density at radius 1 is 1.32 bits per heavy atom. The summed E-state index contributed by atoms with van der Waals surface area (Å²) in [6.45, 7) is 4.70. The standard InChI is InChI=1S/C13H17N5S/c1-3-9-7-10(4-2)18(16-9)12-11(8-14)17-5-6-19-13(17)15-12/h5-7H,3-4,8,14H2,1-2H3. The zero-order valence-electron chi connectivity index (χ0n) is 11.1. The van der Waals surface area contributed by atoms with E-state index in [1.54, 1.807) is 11.3 Å². The third-order valence-electron chi connectivity index (χ3n) is 3.29. The molecule has 0 fully saturated rings. The maximum atomic E-state index is 5.89. The first kappa shape index (κ1) is 12.4. The van der Waals surface area contributed by atoms with Gasteiger partial charge >= 0.3 is 0 Å². The Morgan fingerprint density at radius 3 is 2.84 bits per heavy atom. The lowest BCUT2D eigenvalue weighted by Crippen LogP contribution is -2.09. The number of fused-ring (bicyclic) bond motifs is 1. The lowest BCUT2D eigenvalue weighted by molar-refractivity contribution is 0.762. The molecule has 0 aliphatic carbocycles. The van der Waals surface area contributed by atoms with Gasteiger partial charge in [0.05, 0.1) is 11.4 Å². The van der Waals surface area contributed by atoms with Crippen LogP contribution in [0.25, 0.3) is 10.8 Å². The highest BCUT2D eigenvalue weighted by Crippen LogP contribution is 2.22. The van der Waals surface area contributed by atoms with E-state index >= 15 is 0 Å². The number of thiazole rings is 1. The Labute approximate surface area is 115 Å². The maximum Gasteiger partial charge on any atom is 0.196 e. The van der Waals surface area contributed by atoms with Gasteiger partial charge in [0.1, 0.15) is 0 Å². The second kappa shape index (κ2) is 4.79. The number of hydrogen-bond acceptors (Lipinski definition) is 4. The molecule has 100 valence electrons. The van der Waals surface area contributed by atoms with Gasteiger partial charge in [-0.1, -0.05) is 13.8 Å². The van der Waals surface area contributed by atoms with Gasteiger partial charge in [-0.25, -0.2) is 4.68 Å². The van der Waals surface area contributed by atoms with E-state index in [0.717, 1.165) is 35.0 Å². The largest absolute Gasteiger partial charge is 0.325 e. The number of aryl methyl sites for hydroxylation is 2. The molecule has 0 aliphatic heterocycles. The van der Waals surface area contributed by atoms with Crippen LogP contribution in [0.15, 0.2) is 17.6 Å². The van der Waals surface area contributed by atoms with E-state index in [2.05, 4.69) is 30.0 Å². The van der Waals surface area contributed by atoms with Gasteiger partial charge in [-0.05, 0) is 18.9 Å². The number of nitrogens with two attached hydrogens (primary N) is 1. The molecule has 6 heteroatoms. The molecule has 0 spiro atoms. The fourth-order valence-electron chi connectivity index (χ4n) is 2.26. The summed E-state index contributed by atoms with van der Waals surface area (Å²) in [6.07, 6.45) is 3.87. The quantitative estimate of drug-likeness (QED) is 0.793. The van der Waals surface area contributed by atoms with Crippen LogP contribution in [-0.4, -0.2) is 19.2 Å². The van der Waals surface area contributed by atoms with Crippen molar-refractivity contribution in [2.24, 2.45) is 5.73 Å². The van der Waals surface area contributed by atoms with E-state index in [1.807, 2.05) is 20.7 Å². The van der Waals surface area contributed by atoms with Gasteiger partial charge < -0.3 is 5.73 Å². The molecule has 3 aromatic heterocycles. The molecule has 0 amide bonds. The second-order valence-electron chi connectivity index (χ2n) is 4.39. The summed E-state index contributed by atoms with van der Waals surface area (Å²) in [5.74, 6) is 0.867. The minimum absolute atomic E-state index is 0.456. The SMILES string of the molecule is CCc1cc(CC)n(-c2nc3sccn3c2CN)n1. The topological polar surface area (TPSA) is 61.1 Å².